The van der Waals surface area contributed by atoms with Crippen LogP contribution in [-0.4, -0.2) is 38.2 Å². The van der Waals surface area contributed by atoms with Crippen molar-refractivity contribution < 1.29 is 26.8 Å². The molecule has 8 nitrogen and oxygen atoms in total. The summed E-state index contributed by atoms with van der Waals surface area (Å²) in [6.07, 6.45) is -0.473. The van der Waals surface area contributed by atoms with Crippen LogP contribution in [0.1, 0.15) is 6.42 Å². The number of non-ortho nitro benzene ring substituents is 1. The highest BCUT2D eigenvalue weighted by molar-refractivity contribution is 7.87. The van der Waals surface area contributed by atoms with Crippen molar-refractivity contribution in [1.29, 1.82) is 0 Å². The molecule has 1 aromatic carbocycles. The van der Waals surface area contributed by atoms with E-state index in [-0.39, 0.29) is 23.7 Å². The van der Waals surface area contributed by atoms with E-state index in [1.165, 1.54) is 13.2 Å². The number of nitro benzene ring substituents is 1. The zero-order chi connectivity index (χ0) is 15.8. The third-order valence-electron chi connectivity index (χ3n) is 3.15. The Morgan fingerprint density at radius 1 is 1.48 bits per heavy atom. The lowest BCUT2D eigenvalue weighted by Gasteiger charge is -2.18. The molecule has 1 aromatic rings. The van der Waals surface area contributed by atoms with Crippen molar-refractivity contribution in [2.75, 3.05) is 18.6 Å². The molecular weight excluding hydrogens is 307 g/mol. The Morgan fingerprint density at radius 2 is 2.14 bits per heavy atom. The molecule has 1 heterocycles. The van der Waals surface area contributed by atoms with Gasteiger partial charge < -0.3 is 9.64 Å². The number of carbonyl (C=O) groups excluding carboxylic acids is 1. The smallest absolute Gasteiger partial charge is 0.307 e. The minimum absolute atomic E-state index is 0.0365. The van der Waals surface area contributed by atoms with Crippen LogP contribution in [-0.2, 0) is 15.0 Å². The Balaban J connectivity index is 2.38. The fourth-order valence-electron chi connectivity index (χ4n) is 2.10. The standard InChI is InChI=1S/C11H11FN2O6S/c1-20-10-4-7(14(16)17)2-3-9(10)13-6-8(5-11(13)15)21(12,18)19/h2-4,8H,5-6H2,1H3. The van der Waals surface area contributed by atoms with E-state index in [9.17, 15) is 27.2 Å². The lowest BCUT2D eigenvalue weighted by molar-refractivity contribution is -0.384. The molecule has 1 fully saturated rings. The summed E-state index contributed by atoms with van der Waals surface area (Å²) in [5, 5.41) is 9.25. The Hall–Kier alpha value is -2.23. The van der Waals surface area contributed by atoms with Gasteiger partial charge in [0, 0.05) is 19.0 Å². The fraction of sp³-hybridized carbons (Fsp3) is 0.364. The van der Waals surface area contributed by atoms with Gasteiger partial charge in [0.25, 0.3) is 5.69 Å². The Bertz CT molecular complexity index is 705. The van der Waals surface area contributed by atoms with Crippen LogP contribution < -0.4 is 9.64 Å². The summed E-state index contributed by atoms with van der Waals surface area (Å²) in [6, 6.07) is 3.53. The van der Waals surface area contributed by atoms with Crippen molar-refractivity contribution in [3.05, 3.63) is 28.3 Å². The minimum Gasteiger partial charge on any atom is -0.494 e. The molecular formula is C11H11FN2O6S. The summed E-state index contributed by atoms with van der Waals surface area (Å²) in [6.45, 7) is -0.355. The third-order valence-corrected chi connectivity index (χ3v) is 4.26. The summed E-state index contributed by atoms with van der Waals surface area (Å²) in [5.41, 5.74) is -0.0730. The number of hydrogen-bond donors (Lipinski definition) is 0. The maximum absolute atomic E-state index is 13.0. The summed E-state index contributed by atoms with van der Waals surface area (Å²) < 4.78 is 39.7. The second-order valence-electron chi connectivity index (χ2n) is 4.42. The maximum Gasteiger partial charge on any atom is 0.307 e. The van der Waals surface area contributed by atoms with Crippen molar-refractivity contribution in [2.24, 2.45) is 0 Å². The Labute approximate surface area is 119 Å². The highest BCUT2D eigenvalue weighted by atomic mass is 32.3. The second kappa shape index (κ2) is 5.28. The van der Waals surface area contributed by atoms with Crippen molar-refractivity contribution in [3.63, 3.8) is 0 Å². The largest absolute Gasteiger partial charge is 0.494 e. The van der Waals surface area contributed by atoms with Crippen molar-refractivity contribution in [2.45, 2.75) is 11.7 Å². The molecule has 21 heavy (non-hydrogen) atoms. The molecule has 1 aliphatic heterocycles. The molecule has 1 aliphatic rings. The van der Waals surface area contributed by atoms with Crippen LogP contribution in [0.4, 0.5) is 15.3 Å². The van der Waals surface area contributed by atoms with E-state index in [0.29, 0.717) is 0 Å². The molecule has 0 aromatic heterocycles. The number of benzene rings is 1. The van der Waals surface area contributed by atoms with Gasteiger partial charge in [-0.05, 0) is 6.07 Å². The average molecular weight is 318 g/mol. The van der Waals surface area contributed by atoms with Gasteiger partial charge in [0.2, 0.25) is 5.91 Å². The van der Waals surface area contributed by atoms with Crippen LogP contribution >= 0.6 is 0 Å². The molecule has 0 aliphatic carbocycles. The van der Waals surface area contributed by atoms with Crippen molar-refractivity contribution in [1.82, 2.24) is 0 Å². The molecule has 1 saturated heterocycles. The molecule has 0 N–H and O–H groups in total. The number of methoxy groups -OCH3 is 1. The molecule has 0 radical (unpaired) electrons. The number of ether oxygens (including phenoxy) is 1. The number of nitrogens with zero attached hydrogens (tertiary/aromatic N) is 2. The SMILES string of the molecule is COc1cc([N+](=O)[O-])ccc1N1CC(S(=O)(=O)F)CC1=O. The first-order chi connectivity index (χ1) is 9.74. The van der Waals surface area contributed by atoms with Crippen molar-refractivity contribution >= 4 is 27.5 Å². The van der Waals surface area contributed by atoms with Gasteiger partial charge in [-0.2, -0.15) is 8.42 Å². The molecule has 1 amide bonds. The van der Waals surface area contributed by atoms with Gasteiger partial charge in [-0.25, -0.2) is 0 Å². The third kappa shape index (κ3) is 2.94. The lowest BCUT2D eigenvalue weighted by Crippen LogP contribution is -2.27. The monoisotopic (exact) mass is 318 g/mol. The highest BCUT2D eigenvalue weighted by Crippen LogP contribution is 2.35. The molecule has 0 spiro atoms. The van der Waals surface area contributed by atoms with E-state index < -0.39 is 32.7 Å². The molecule has 114 valence electrons. The lowest BCUT2D eigenvalue weighted by atomic mass is 10.2. The minimum atomic E-state index is -4.83. The Kier molecular flexibility index (Phi) is 3.81. The first-order valence-electron chi connectivity index (χ1n) is 5.80. The zero-order valence-corrected chi connectivity index (χ0v) is 11.7. The summed E-state index contributed by atoms with van der Waals surface area (Å²) >= 11 is 0. The highest BCUT2D eigenvalue weighted by Gasteiger charge is 2.40. The van der Waals surface area contributed by atoms with Gasteiger partial charge in [0.15, 0.2) is 0 Å². The molecule has 1 unspecified atom stereocenters. The van der Waals surface area contributed by atoms with Crippen LogP contribution in [0, 0.1) is 10.1 Å². The molecule has 0 saturated carbocycles. The summed E-state index contributed by atoms with van der Waals surface area (Å²) in [7, 11) is -3.57. The number of amides is 1. The summed E-state index contributed by atoms with van der Waals surface area (Å²) in [5.74, 6) is -0.553. The van der Waals surface area contributed by atoms with Crippen LogP contribution in [0.15, 0.2) is 18.2 Å². The summed E-state index contributed by atoms with van der Waals surface area (Å²) in [4.78, 5) is 22.9. The number of carbonyl (C=O) groups is 1. The number of halogens is 1. The van der Waals surface area contributed by atoms with E-state index in [0.717, 1.165) is 17.0 Å². The van der Waals surface area contributed by atoms with Crippen molar-refractivity contribution in [3.8, 4) is 5.75 Å². The normalized spacial score (nSPS) is 18.9. The van der Waals surface area contributed by atoms with Gasteiger partial charge >= 0.3 is 10.2 Å². The number of hydrogen-bond acceptors (Lipinski definition) is 6. The van der Waals surface area contributed by atoms with E-state index in [1.807, 2.05) is 0 Å². The van der Waals surface area contributed by atoms with Crippen LogP contribution in [0.5, 0.6) is 5.75 Å². The van der Waals surface area contributed by atoms with E-state index in [1.54, 1.807) is 0 Å². The van der Waals surface area contributed by atoms with E-state index >= 15 is 0 Å². The zero-order valence-electron chi connectivity index (χ0n) is 10.9. The van der Waals surface area contributed by atoms with E-state index in [2.05, 4.69) is 0 Å². The number of nitro groups is 1. The Morgan fingerprint density at radius 3 is 2.62 bits per heavy atom. The number of rotatable bonds is 4. The predicted molar refractivity (Wildman–Crippen MR) is 70.4 cm³/mol. The van der Waals surface area contributed by atoms with Gasteiger partial charge in [0.1, 0.15) is 11.0 Å². The molecule has 2 rings (SSSR count). The van der Waals surface area contributed by atoms with Gasteiger partial charge in [-0.15, -0.1) is 3.89 Å². The van der Waals surface area contributed by atoms with Gasteiger partial charge in [0.05, 0.1) is 23.8 Å². The van der Waals surface area contributed by atoms with Gasteiger partial charge in [-0.3, -0.25) is 14.9 Å². The van der Waals surface area contributed by atoms with Crippen LogP contribution in [0.2, 0.25) is 0 Å². The predicted octanol–water partition coefficient (Wildman–Crippen LogP) is 1.01. The maximum atomic E-state index is 13.0. The first kappa shape index (κ1) is 15.2. The van der Waals surface area contributed by atoms with Crippen LogP contribution in [0.3, 0.4) is 0 Å². The molecule has 0 bridgehead atoms. The first-order valence-corrected chi connectivity index (χ1v) is 7.25. The fourth-order valence-corrected chi connectivity index (χ4v) is 2.77. The number of anilines is 1. The quantitative estimate of drug-likeness (QED) is 0.466. The van der Waals surface area contributed by atoms with Crippen LogP contribution in [0.25, 0.3) is 0 Å². The average Bonchev–Trinajstić information content (AvgIpc) is 2.79. The molecule has 10 heteroatoms. The topological polar surface area (TPSA) is 107 Å². The molecule has 1 atom stereocenters. The van der Waals surface area contributed by atoms with E-state index in [4.69, 9.17) is 4.74 Å². The van der Waals surface area contributed by atoms with Gasteiger partial charge in [-0.1, -0.05) is 0 Å². The second-order valence-corrected chi connectivity index (χ2v) is 6.04.